The smallest absolute Gasteiger partial charge is 0.261 e. The molecule has 0 aliphatic carbocycles. The molecule has 0 bridgehead atoms. The minimum Gasteiger partial charge on any atom is -0.493 e. The fraction of sp³-hybridized carbons (Fsp3) is 0.391. The molecule has 178 valence electrons. The van der Waals surface area contributed by atoms with Crippen LogP contribution in [0.3, 0.4) is 0 Å². The van der Waals surface area contributed by atoms with E-state index in [0.29, 0.717) is 42.6 Å². The second-order valence-electron chi connectivity index (χ2n) is 8.22. The van der Waals surface area contributed by atoms with Crippen LogP contribution in [0.15, 0.2) is 51.8 Å². The SMILES string of the molecule is CC(C)CCOc1ccc(Br)cc1C(=O)NC(=S)Nc1ccc(S(=O)(=O)N2CCCC2)cc1. The first-order chi connectivity index (χ1) is 15.7. The molecule has 33 heavy (non-hydrogen) atoms. The van der Waals surface area contributed by atoms with Crippen molar-refractivity contribution in [3.63, 3.8) is 0 Å². The number of benzene rings is 2. The number of rotatable bonds is 8. The van der Waals surface area contributed by atoms with Crippen molar-refractivity contribution < 1.29 is 17.9 Å². The molecule has 0 radical (unpaired) electrons. The molecule has 0 aromatic heterocycles. The molecule has 1 aliphatic heterocycles. The van der Waals surface area contributed by atoms with E-state index in [1.54, 1.807) is 24.3 Å². The van der Waals surface area contributed by atoms with Crippen LogP contribution in [0.2, 0.25) is 0 Å². The molecule has 2 aromatic rings. The third-order valence-corrected chi connectivity index (χ3v) is 7.79. The van der Waals surface area contributed by atoms with E-state index in [1.165, 1.54) is 16.4 Å². The van der Waals surface area contributed by atoms with Crippen molar-refractivity contribution in [2.75, 3.05) is 25.0 Å². The zero-order valence-corrected chi connectivity index (χ0v) is 21.9. The molecule has 10 heteroatoms. The highest BCUT2D eigenvalue weighted by Crippen LogP contribution is 2.24. The lowest BCUT2D eigenvalue weighted by Gasteiger charge is -2.16. The lowest BCUT2D eigenvalue weighted by Crippen LogP contribution is -2.34. The van der Waals surface area contributed by atoms with Crippen LogP contribution in [0.25, 0.3) is 0 Å². The molecule has 1 saturated heterocycles. The topological polar surface area (TPSA) is 87.7 Å². The zero-order valence-electron chi connectivity index (χ0n) is 18.6. The van der Waals surface area contributed by atoms with Crippen molar-refractivity contribution in [1.82, 2.24) is 9.62 Å². The Bertz CT molecular complexity index is 1100. The van der Waals surface area contributed by atoms with Gasteiger partial charge in [-0.3, -0.25) is 10.1 Å². The van der Waals surface area contributed by atoms with Gasteiger partial charge in [0.1, 0.15) is 5.75 Å². The van der Waals surface area contributed by atoms with Crippen LogP contribution in [-0.4, -0.2) is 43.4 Å². The van der Waals surface area contributed by atoms with Gasteiger partial charge < -0.3 is 10.1 Å². The summed E-state index contributed by atoms with van der Waals surface area (Å²) in [6.45, 7) is 5.83. The van der Waals surface area contributed by atoms with Crippen LogP contribution in [0, 0.1) is 5.92 Å². The van der Waals surface area contributed by atoms with E-state index >= 15 is 0 Å². The summed E-state index contributed by atoms with van der Waals surface area (Å²) in [6, 6.07) is 11.6. The molecule has 0 unspecified atom stereocenters. The maximum Gasteiger partial charge on any atom is 0.261 e. The first-order valence-corrected chi connectivity index (χ1v) is 13.5. The van der Waals surface area contributed by atoms with Gasteiger partial charge in [0.15, 0.2) is 5.11 Å². The van der Waals surface area contributed by atoms with Crippen LogP contribution in [0.5, 0.6) is 5.75 Å². The van der Waals surface area contributed by atoms with E-state index in [2.05, 4.69) is 40.4 Å². The molecule has 1 fully saturated rings. The van der Waals surface area contributed by atoms with E-state index in [4.69, 9.17) is 17.0 Å². The Hall–Kier alpha value is -2.01. The number of hydrogen-bond donors (Lipinski definition) is 2. The summed E-state index contributed by atoms with van der Waals surface area (Å²) in [5.74, 6) is 0.573. The molecule has 2 N–H and O–H groups in total. The Balaban J connectivity index is 1.63. The van der Waals surface area contributed by atoms with Crippen LogP contribution >= 0.6 is 28.1 Å². The molecule has 2 aromatic carbocycles. The average molecular weight is 555 g/mol. The first kappa shape index (κ1) is 25.6. The highest BCUT2D eigenvalue weighted by Gasteiger charge is 2.27. The number of sulfonamides is 1. The van der Waals surface area contributed by atoms with Crippen LogP contribution in [-0.2, 0) is 10.0 Å². The summed E-state index contributed by atoms with van der Waals surface area (Å²) in [5.41, 5.74) is 0.938. The van der Waals surface area contributed by atoms with Crippen molar-refractivity contribution in [2.24, 2.45) is 5.92 Å². The number of carbonyl (C=O) groups is 1. The maximum absolute atomic E-state index is 12.8. The first-order valence-electron chi connectivity index (χ1n) is 10.8. The molecule has 1 amide bonds. The lowest BCUT2D eigenvalue weighted by molar-refractivity contribution is 0.0973. The lowest BCUT2D eigenvalue weighted by atomic mass is 10.1. The maximum atomic E-state index is 12.8. The molecule has 0 atom stereocenters. The summed E-state index contributed by atoms with van der Waals surface area (Å²) in [7, 11) is -3.48. The number of nitrogens with one attached hydrogen (secondary N) is 2. The summed E-state index contributed by atoms with van der Waals surface area (Å²) in [6.07, 6.45) is 2.64. The van der Waals surface area contributed by atoms with Gasteiger partial charge in [-0.05, 0) is 79.9 Å². The van der Waals surface area contributed by atoms with Gasteiger partial charge in [-0.2, -0.15) is 4.31 Å². The monoisotopic (exact) mass is 553 g/mol. The van der Waals surface area contributed by atoms with Crippen LogP contribution in [0.1, 0.15) is 43.5 Å². The Labute approximate surface area is 209 Å². The number of hydrogen-bond acceptors (Lipinski definition) is 5. The molecule has 0 spiro atoms. The predicted octanol–water partition coefficient (Wildman–Crippen LogP) is 4.79. The average Bonchev–Trinajstić information content (AvgIpc) is 3.30. The number of thiocarbonyl (C=S) groups is 1. The van der Waals surface area contributed by atoms with Crippen molar-refractivity contribution in [3.8, 4) is 5.75 Å². The summed E-state index contributed by atoms with van der Waals surface area (Å²) in [4.78, 5) is 13.1. The van der Waals surface area contributed by atoms with E-state index < -0.39 is 15.9 Å². The Kier molecular flexibility index (Phi) is 8.86. The second-order valence-corrected chi connectivity index (χ2v) is 11.5. The summed E-state index contributed by atoms with van der Waals surface area (Å²) >= 11 is 8.67. The highest BCUT2D eigenvalue weighted by molar-refractivity contribution is 9.10. The second kappa shape index (κ2) is 11.4. The van der Waals surface area contributed by atoms with Crippen molar-refractivity contribution in [2.45, 2.75) is 38.0 Å². The van der Waals surface area contributed by atoms with E-state index in [1.807, 2.05) is 6.07 Å². The minimum absolute atomic E-state index is 0.100. The molecule has 1 aliphatic rings. The number of ether oxygens (including phenoxy) is 1. The molecular weight excluding hydrogens is 526 g/mol. The van der Waals surface area contributed by atoms with E-state index in [-0.39, 0.29) is 10.0 Å². The number of halogens is 1. The van der Waals surface area contributed by atoms with Gasteiger partial charge >= 0.3 is 0 Å². The van der Waals surface area contributed by atoms with E-state index in [9.17, 15) is 13.2 Å². The predicted molar refractivity (Wildman–Crippen MR) is 137 cm³/mol. The number of carbonyl (C=O) groups excluding carboxylic acids is 1. The summed E-state index contributed by atoms with van der Waals surface area (Å²) < 4.78 is 33.3. The van der Waals surface area contributed by atoms with Gasteiger partial charge in [0.05, 0.1) is 17.1 Å². The van der Waals surface area contributed by atoms with Crippen LogP contribution < -0.4 is 15.4 Å². The van der Waals surface area contributed by atoms with Gasteiger partial charge in [-0.25, -0.2) is 8.42 Å². The number of nitrogens with zero attached hydrogens (tertiary/aromatic N) is 1. The quantitative estimate of drug-likeness (QED) is 0.457. The van der Waals surface area contributed by atoms with Crippen LogP contribution in [0.4, 0.5) is 5.69 Å². The number of anilines is 1. The third-order valence-electron chi connectivity index (χ3n) is 5.18. The minimum atomic E-state index is -3.48. The Morgan fingerprint density at radius 3 is 2.45 bits per heavy atom. The summed E-state index contributed by atoms with van der Waals surface area (Å²) in [5, 5.41) is 5.68. The Morgan fingerprint density at radius 1 is 1.15 bits per heavy atom. The zero-order chi connectivity index (χ0) is 24.0. The third kappa shape index (κ3) is 6.99. The fourth-order valence-corrected chi connectivity index (χ4v) is 5.42. The molecule has 0 saturated carbocycles. The van der Waals surface area contributed by atoms with Gasteiger partial charge in [0, 0.05) is 23.2 Å². The standard InChI is InChI=1S/C23H28BrN3O4S2/c1-16(2)11-14-31-21-10-5-17(24)15-20(21)22(28)26-23(32)25-18-6-8-19(9-7-18)33(29,30)27-12-3-4-13-27/h5-10,15-16H,3-4,11-14H2,1-2H3,(H2,25,26,28,32). The fourth-order valence-electron chi connectivity index (χ4n) is 3.33. The highest BCUT2D eigenvalue weighted by atomic mass is 79.9. The molecule has 1 heterocycles. The molecule has 3 rings (SSSR count). The van der Waals surface area contributed by atoms with Gasteiger partial charge in [0.25, 0.3) is 5.91 Å². The largest absolute Gasteiger partial charge is 0.493 e. The number of amides is 1. The van der Waals surface area contributed by atoms with Gasteiger partial charge in [-0.1, -0.05) is 29.8 Å². The van der Waals surface area contributed by atoms with E-state index in [0.717, 1.165) is 23.7 Å². The molecule has 7 nitrogen and oxygen atoms in total. The van der Waals surface area contributed by atoms with Gasteiger partial charge in [0.2, 0.25) is 10.0 Å². The normalized spacial score (nSPS) is 14.3. The van der Waals surface area contributed by atoms with Crippen molar-refractivity contribution >= 4 is 54.9 Å². The van der Waals surface area contributed by atoms with Crippen molar-refractivity contribution in [3.05, 3.63) is 52.5 Å². The van der Waals surface area contributed by atoms with Gasteiger partial charge in [-0.15, -0.1) is 0 Å². The van der Waals surface area contributed by atoms with Crippen molar-refractivity contribution in [1.29, 1.82) is 0 Å². The molecular formula is C23H28BrN3O4S2. The Morgan fingerprint density at radius 2 is 1.82 bits per heavy atom.